The van der Waals surface area contributed by atoms with Crippen LogP contribution in [0.4, 0.5) is 0 Å². The van der Waals surface area contributed by atoms with Gasteiger partial charge >= 0.3 is 0 Å². The number of aryl methyl sites for hydroxylation is 1. The van der Waals surface area contributed by atoms with E-state index in [9.17, 15) is 0 Å². The van der Waals surface area contributed by atoms with E-state index in [-0.39, 0.29) is 0 Å². The monoisotopic (exact) mass is 155 g/mol. The molecule has 0 spiro atoms. The fourth-order valence-corrected chi connectivity index (χ4v) is 0.668. The molecule has 0 fully saturated rings. The lowest BCUT2D eigenvalue weighted by Crippen LogP contribution is -1.96. The average molecular weight is 155 g/mol. The Hall–Kier alpha value is -0.860. The molecule has 0 aliphatic carbocycles. The predicted molar refractivity (Wildman–Crippen MR) is 46.3 cm³/mol. The van der Waals surface area contributed by atoms with Crippen molar-refractivity contribution in [1.29, 1.82) is 0 Å². The zero-order chi connectivity index (χ0) is 8.53. The molecule has 1 rings (SSSR count). The Labute approximate surface area is 68.5 Å². The zero-order valence-corrected chi connectivity index (χ0v) is 7.62. The summed E-state index contributed by atoms with van der Waals surface area (Å²) >= 11 is 0. The molecule has 0 atom stereocenters. The van der Waals surface area contributed by atoms with E-state index in [1.165, 1.54) is 12.8 Å². The van der Waals surface area contributed by atoms with Crippen molar-refractivity contribution in [2.45, 2.75) is 40.2 Å². The molecule has 3 heteroatoms. The minimum Gasteiger partial charge on any atom is -0.253 e. The molecule has 0 aliphatic rings. The maximum Gasteiger partial charge on any atom is 0.137 e. The molecule has 1 heterocycles. The smallest absolute Gasteiger partial charge is 0.137 e. The van der Waals surface area contributed by atoms with Gasteiger partial charge in [0.25, 0.3) is 0 Å². The van der Waals surface area contributed by atoms with Crippen LogP contribution in [0.15, 0.2) is 12.7 Å². The highest BCUT2D eigenvalue weighted by Gasteiger charge is 1.86. The number of nitrogens with zero attached hydrogens (tertiary/aromatic N) is 3. The number of unbranched alkanes of at least 4 members (excludes halogenated alkanes) is 1. The Morgan fingerprint density at radius 2 is 2.09 bits per heavy atom. The quantitative estimate of drug-likeness (QED) is 0.669. The molecule has 64 valence electrons. The van der Waals surface area contributed by atoms with Crippen molar-refractivity contribution in [2.24, 2.45) is 0 Å². The Kier molecular flexibility index (Phi) is 6.68. The third kappa shape index (κ3) is 4.53. The number of aromatic nitrogens is 3. The van der Waals surface area contributed by atoms with E-state index >= 15 is 0 Å². The van der Waals surface area contributed by atoms with E-state index in [2.05, 4.69) is 17.0 Å². The van der Waals surface area contributed by atoms with E-state index in [1.54, 1.807) is 12.7 Å². The van der Waals surface area contributed by atoms with Crippen molar-refractivity contribution in [3.05, 3.63) is 12.7 Å². The Morgan fingerprint density at radius 1 is 1.36 bits per heavy atom. The van der Waals surface area contributed by atoms with Crippen LogP contribution in [0.1, 0.15) is 33.6 Å². The van der Waals surface area contributed by atoms with Crippen LogP contribution in [0, 0.1) is 0 Å². The van der Waals surface area contributed by atoms with Crippen molar-refractivity contribution < 1.29 is 0 Å². The first kappa shape index (κ1) is 10.1. The van der Waals surface area contributed by atoms with Crippen LogP contribution in [0.5, 0.6) is 0 Å². The van der Waals surface area contributed by atoms with Gasteiger partial charge in [0.15, 0.2) is 0 Å². The second kappa shape index (κ2) is 7.25. The highest BCUT2D eigenvalue weighted by atomic mass is 15.3. The van der Waals surface area contributed by atoms with Crippen LogP contribution in [0.25, 0.3) is 0 Å². The summed E-state index contributed by atoms with van der Waals surface area (Å²) in [6.07, 6.45) is 5.70. The summed E-state index contributed by atoms with van der Waals surface area (Å²) in [7, 11) is 0. The van der Waals surface area contributed by atoms with Crippen LogP contribution in [-0.2, 0) is 6.54 Å². The van der Waals surface area contributed by atoms with E-state index in [0.717, 1.165) is 6.54 Å². The summed E-state index contributed by atoms with van der Waals surface area (Å²) in [4.78, 5) is 3.83. The predicted octanol–water partition coefficient (Wildman–Crippen LogP) is 2.10. The van der Waals surface area contributed by atoms with Gasteiger partial charge in [0.1, 0.15) is 12.7 Å². The first-order chi connectivity index (χ1) is 5.43. The molecule has 0 unspecified atom stereocenters. The molecule has 0 aliphatic heterocycles. The first-order valence-corrected chi connectivity index (χ1v) is 4.26. The summed E-state index contributed by atoms with van der Waals surface area (Å²) in [5.41, 5.74) is 0. The molecule has 1 aromatic heterocycles. The topological polar surface area (TPSA) is 30.7 Å². The summed E-state index contributed by atoms with van der Waals surface area (Å²) in [6, 6.07) is 0. The maximum absolute atomic E-state index is 3.96. The summed E-state index contributed by atoms with van der Waals surface area (Å²) < 4.78 is 1.85. The highest BCUT2D eigenvalue weighted by molar-refractivity contribution is 4.54. The van der Waals surface area contributed by atoms with Gasteiger partial charge < -0.3 is 0 Å². The van der Waals surface area contributed by atoms with E-state index in [4.69, 9.17) is 0 Å². The second-order valence-electron chi connectivity index (χ2n) is 2.01. The van der Waals surface area contributed by atoms with Crippen LogP contribution in [-0.4, -0.2) is 14.8 Å². The van der Waals surface area contributed by atoms with Crippen LogP contribution >= 0.6 is 0 Å². The molecule has 0 amide bonds. The van der Waals surface area contributed by atoms with Gasteiger partial charge in [0.2, 0.25) is 0 Å². The third-order valence-electron chi connectivity index (χ3n) is 1.21. The number of rotatable bonds is 3. The molecule has 0 N–H and O–H groups in total. The first-order valence-electron chi connectivity index (χ1n) is 4.26. The third-order valence-corrected chi connectivity index (χ3v) is 1.21. The molecular formula is C8H17N3. The molecule has 1 aromatic rings. The van der Waals surface area contributed by atoms with Crippen LogP contribution < -0.4 is 0 Å². The minimum absolute atomic E-state index is 0.997. The lowest BCUT2D eigenvalue weighted by molar-refractivity contribution is 0.570. The van der Waals surface area contributed by atoms with E-state index in [0.29, 0.717) is 0 Å². The van der Waals surface area contributed by atoms with Crippen LogP contribution in [0.2, 0.25) is 0 Å². The van der Waals surface area contributed by atoms with Crippen molar-refractivity contribution in [2.75, 3.05) is 0 Å². The van der Waals surface area contributed by atoms with Crippen molar-refractivity contribution in [3.8, 4) is 0 Å². The molecule has 0 saturated heterocycles. The van der Waals surface area contributed by atoms with Crippen molar-refractivity contribution in [1.82, 2.24) is 14.8 Å². The van der Waals surface area contributed by atoms with Gasteiger partial charge in [-0.25, -0.2) is 4.98 Å². The van der Waals surface area contributed by atoms with Crippen LogP contribution in [0.3, 0.4) is 0 Å². The molecule has 11 heavy (non-hydrogen) atoms. The van der Waals surface area contributed by atoms with Gasteiger partial charge in [-0.2, -0.15) is 5.10 Å². The van der Waals surface area contributed by atoms with E-state index < -0.39 is 0 Å². The summed E-state index contributed by atoms with van der Waals surface area (Å²) in [6.45, 7) is 7.16. The van der Waals surface area contributed by atoms with Gasteiger partial charge in [-0.1, -0.05) is 27.2 Å². The average Bonchev–Trinajstić information content (AvgIpc) is 2.57. The molecular weight excluding hydrogens is 138 g/mol. The zero-order valence-electron chi connectivity index (χ0n) is 7.62. The van der Waals surface area contributed by atoms with Crippen molar-refractivity contribution >= 4 is 0 Å². The maximum atomic E-state index is 3.96. The normalized spacial score (nSPS) is 8.64. The molecule has 0 aromatic carbocycles. The Balaban J connectivity index is 0.000000461. The summed E-state index contributed by atoms with van der Waals surface area (Å²) in [5.74, 6) is 0. The summed E-state index contributed by atoms with van der Waals surface area (Å²) in [5, 5.41) is 3.96. The highest BCUT2D eigenvalue weighted by Crippen LogP contribution is 1.89. The van der Waals surface area contributed by atoms with Gasteiger partial charge in [-0.05, 0) is 6.42 Å². The Morgan fingerprint density at radius 3 is 2.55 bits per heavy atom. The standard InChI is InChI=1S/C6H11N3.C2H6/c1-2-3-4-9-6-7-5-8-9;1-2/h5-6H,2-4H2,1H3;1-2H3. The van der Waals surface area contributed by atoms with Crippen molar-refractivity contribution in [3.63, 3.8) is 0 Å². The fraction of sp³-hybridized carbons (Fsp3) is 0.750. The van der Waals surface area contributed by atoms with Gasteiger partial charge in [0, 0.05) is 6.54 Å². The van der Waals surface area contributed by atoms with Gasteiger partial charge in [-0.15, -0.1) is 0 Å². The lowest BCUT2D eigenvalue weighted by atomic mass is 10.3. The van der Waals surface area contributed by atoms with E-state index in [1.807, 2.05) is 18.5 Å². The minimum atomic E-state index is 0.997. The number of hydrogen-bond donors (Lipinski definition) is 0. The number of hydrogen-bond acceptors (Lipinski definition) is 2. The molecule has 3 nitrogen and oxygen atoms in total. The van der Waals surface area contributed by atoms with Gasteiger partial charge in [0.05, 0.1) is 0 Å². The molecule has 0 saturated carbocycles. The molecule has 0 bridgehead atoms. The SMILES string of the molecule is CC.CCCCn1cncn1. The Bertz CT molecular complexity index is 146. The second-order valence-corrected chi connectivity index (χ2v) is 2.01. The fourth-order valence-electron chi connectivity index (χ4n) is 0.668. The largest absolute Gasteiger partial charge is 0.253 e. The van der Waals surface area contributed by atoms with Gasteiger partial charge in [-0.3, -0.25) is 4.68 Å². The lowest BCUT2D eigenvalue weighted by Gasteiger charge is -1.94. The molecule has 0 radical (unpaired) electrons.